The van der Waals surface area contributed by atoms with Crippen LogP contribution in [-0.2, 0) is 0 Å². The largest absolute Gasteiger partial charge is 0.455 e. The van der Waals surface area contributed by atoms with E-state index in [1.165, 1.54) is 10.9 Å². The molecule has 0 atom stereocenters. The summed E-state index contributed by atoms with van der Waals surface area (Å²) in [5.41, 5.74) is 10.4. The molecule has 3 nitrogen and oxygen atoms in total. The lowest BCUT2D eigenvalue weighted by molar-refractivity contribution is 0.674. The first-order valence-electron chi connectivity index (χ1n) is 14.2. The van der Waals surface area contributed by atoms with Crippen LogP contribution in [0.1, 0.15) is 0 Å². The second-order valence-corrected chi connectivity index (χ2v) is 10.7. The minimum Gasteiger partial charge on any atom is -0.455 e. The number of nitrogens with zero attached hydrogens (tertiary/aromatic N) is 2. The van der Waals surface area contributed by atoms with Crippen LogP contribution in [0.4, 0.5) is 0 Å². The van der Waals surface area contributed by atoms with Gasteiger partial charge in [-0.15, -0.1) is 0 Å². The number of aromatic nitrogens is 2. The van der Waals surface area contributed by atoms with Gasteiger partial charge < -0.3 is 8.98 Å². The standard InChI is InChI=1S/C39H24N2O/c1-3-12-25(13-4-1)32-24-34(40-33-20-9-7-16-27(32)33)30-19-11-18-28-29-22-23-36-37(39(29)42-38(28)30)31-17-8-10-21-35(31)41(36)26-14-5-2-6-15-26/h1-24H. The average Bonchev–Trinajstić information content (AvgIpc) is 3.61. The lowest BCUT2D eigenvalue weighted by Gasteiger charge is -2.10. The molecule has 0 saturated carbocycles. The number of para-hydroxylation sites is 4. The Bertz CT molecular complexity index is 2450. The summed E-state index contributed by atoms with van der Waals surface area (Å²) in [6.45, 7) is 0. The summed E-state index contributed by atoms with van der Waals surface area (Å²) in [4.78, 5) is 5.14. The van der Waals surface area contributed by atoms with Crippen molar-refractivity contribution in [1.82, 2.24) is 9.55 Å². The molecule has 3 heteroatoms. The molecule has 0 saturated heterocycles. The SMILES string of the molecule is c1ccc(-c2cc(-c3cccc4c3oc3c4ccc4c3c3ccccc3n4-c3ccccc3)nc3ccccc23)cc1. The fourth-order valence-corrected chi connectivity index (χ4v) is 6.53. The maximum absolute atomic E-state index is 6.91. The summed E-state index contributed by atoms with van der Waals surface area (Å²) in [7, 11) is 0. The third-order valence-electron chi connectivity index (χ3n) is 8.39. The normalized spacial score (nSPS) is 11.8. The Balaban J connectivity index is 1.36. The number of hydrogen-bond donors (Lipinski definition) is 0. The van der Waals surface area contributed by atoms with Crippen LogP contribution in [0.15, 0.2) is 150 Å². The smallest absolute Gasteiger partial charge is 0.145 e. The van der Waals surface area contributed by atoms with Crippen molar-refractivity contribution in [2.45, 2.75) is 0 Å². The Morgan fingerprint density at radius 2 is 1.17 bits per heavy atom. The fourth-order valence-electron chi connectivity index (χ4n) is 6.53. The van der Waals surface area contributed by atoms with Crippen molar-refractivity contribution in [3.63, 3.8) is 0 Å². The zero-order chi connectivity index (χ0) is 27.6. The molecule has 6 aromatic carbocycles. The Hall–Kier alpha value is -5.67. The Labute approximate surface area is 241 Å². The van der Waals surface area contributed by atoms with Gasteiger partial charge in [-0.2, -0.15) is 0 Å². The molecule has 0 radical (unpaired) electrons. The van der Waals surface area contributed by atoms with Crippen LogP contribution in [0.2, 0.25) is 0 Å². The van der Waals surface area contributed by atoms with Gasteiger partial charge in [0.15, 0.2) is 0 Å². The molecule has 3 heterocycles. The molecule has 196 valence electrons. The van der Waals surface area contributed by atoms with Crippen molar-refractivity contribution in [2.24, 2.45) is 0 Å². The van der Waals surface area contributed by atoms with Crippen LogP contribution in [-0.4, -0.2) is 9.55 Å². The van der Waals surface area contributed by atoms with Crippen molar-refractivity contribution < 1.29 is 4.42 Å². The van der Waals surface area contributed by atoms with E-state index in [1.807, 2.05) is 0 Å². The van der Waals surface area contributed by atoms with Gasteiger partial charge in [-0.3, -0.25) is 0 Å². The molecule has 0 spiro atoms. The number of rotatable bonds is 3. The second kappa shape index (κ2) is 8.92. The topological polar surface area (TPSA) is 31.0 Å². The second-order valence-electron chi connectivity index (χ2n) is 10.7. The maximum Gasteiger partial charge on any atom is 0.145 e. The van der Waals surface area contributed by atoms with Crippen LogP contribution in [0, 0.1) is 0 Å². The van der Waals surface area contributed by atoms with Crippen molar-refractivity contribution in [3.8, 4) is 28.1 Å². The van der Waals surface area contributed by atoms with Gasteiger partial charge in [0.05, 0.1) is 27.6 Å². The molecule has 3 aromatic heterocycles. The quantitative estimate of drug-likeness (QED) is 0.225. The zero-order valence-electron chi connectivity index (χ0n) is 22.7. The third kappa shape index (κ3) is 3.31. The number of pyridine rings is 1. The summed E-state index contributed by atoms with van der Waals surface area (Å²) in [6.07, 6.45) is 0. The van der Waals surface area contributed by atoms with Crippen LogP contribution in [0.25, 0.3) is 82.7 Å². The van der Waals surface area contributed by atoms with Gasteiger partial charge >= 0.3 is 0 Å². The first kappa shape index (κ1) is 23.1. The molecule has 0 amide bonds. The molecule has 0 unspecified atom stereocenters. The maximum atomic E-state index is 6.91. The minimum absolute atomic E-state index is 0.860. The van der Waals surface area contributed by atoms with Gasteiger partial charge in [0, 0.05) is 32.8 Å². The molecule has 9 rings (SSSR count). The van der Waals surface area contributed by atoms with E-state index in [-0.39, 0.29) is 0 Å². The molecular formula is C39H24N2O. The van der Waals surface area contributed by atoms with Crippen molar-refractivity contribution in [2.75, 3.05) is 0 Å². The molecule has 42 heavy (non-hydrogen) atoms. The highest BCUT2D eigenvalue weighted by Crippen LogP contribution is 2.43. The van der Waals surface area contributed by atoms with E-state index in [4.69, 9.17) is 9.40 Å². The highest BCUT2D eigenvalue weighted by molar-refractivity contribution is 6.24. The Kier molecular flexibility index (Phi) is 4.90. The summed E-state index contributed by atoms with van der Waals surface area (Å²) >= 11 is 0. The highest BCUT2D eigenvalue weighted by atomic mass is 16.3. The van der Waals surface area contributed by atoms with E-state index >= 15 is 0 Å². The van der Waals surface area contributed by atoms with Gasteiger partial charge in [-0.05, 0) is 59.7 Å². The molecular weight excluding hydrogens is 512 g/mol. The van der Waals surface area contributed by atoms with Crippen LogP contribution in [0.3, 0.4) is 0 Å². The van der Waals surface area contributed by atoms with E-state index in [0.717, 1.165) is 71.8 Å². The van der Waals surface area contributed by atoms with Crippen LogP contribution >= 0.6 is 0 Å². The first-order chi connectivity index (χ1) is 20.8. The molecule has 0 aliphatic carbocycles. The Morgan fingerprint density at radius 3 is 2.02 bits per heavy atom. The summed E-state index contributed by atoms with van der Waals surface area (Å²) in [6, 6.07) is 51.1. The predicted octanol–water partition coefficient (Wildman–Crippen LogP) is 10.6. The molecule has 0 aliphatic heterocycles. The van der Waals surface area contributed by atoms with Crippen molar-refractivity contribution in [3.05, 3.63) is 146 Å². The average molecular weight is 537 g/mol. The first-order valence-corrected chi connectivity index (χ1v) is 14.2. The molecule has 0 aliphatic rings. The Morgan fingerprint density at radius 1 is 0.476 bits per heavy atom. The number of hydrogen-bond acceptors (Lipinski definition) is 2. The van der Waals surface area contributed by atoms with Gasteiger partial charge in [-0.1, -0.05) is 97.1 Å². The van der Waals surface area contributed by atoms with Gasteiger partial charge in [-0.25, -0.2) is 4.98 Å². The molecule has 0 fully saturated rings. The number of furan rings is 1. The minimum atomic E-state index is 0.860. The lowest BCUT2D eigenvalue weighted by Crippen LogP contribution is -1.92. The van der Waals surface area contributed by atoms with E-state index in [9.17, 15) is 0 Å². The predicted molar refractivity (Wildman–Crippen MR) is 174 cm³/mol. The third-order valence-corrected chi connectivity index (χ3v) is 8.39. The van der Waals surface area contributed by atoms with Gasteiger partial charge in [0.25, 0.3) is 0 Å². The van der Waals surface area contributed by atoms with E-state index in [1.54, 1.807) is 0 Å². The van der Waals surface area contributed by atoms with Crippen molar-refractivity contribution in [1.29, 1.82) is 0 Å². The number of benzene rings is 6. The lowest BCUT2D eigenvalue weighted by atomic mass is 9.97. The molecule has 0 bridgehead atoms. The summed E-state index contributed by atoms with van der Waals surface area (Å²) < 4.78 is 9.24. The van der Waals surface area contributed by atoms with Crippen molar-refractivity contribution >= 4 is 54.6 Å². The zero-order valence-corrected chi connectivity index (χ0v) is 22.7. The van der Waals surface area contributed by atoms with E-state index in [2.05, 4.69) is 150 Å². The van der Waals surface area contributed by atoms with Crippen LogP contribution < -0.4 is 0 Å². The summed E-state index contributed by atoms with van der Waals surface area (Å²) in [5.74, 6) is 0. The highest BCUT2D eigenvalue weighted by Gasteiger charge is 2.20. The van der Waals surface area contributed by atoms with E-state index < -0.39 is 0 Å². The molecule has 0 N–H and O–H groups in total. The fraction of sp³-hybridized carbons (Fsp3) is 0. The van der Waals surface area contributed by atoms with Gasteiger partial charge in [0.2, 0.25) is 0 Å². The summed E-state index contributed by atoms with van der Waals surface area (Å²) in [5, 5.41) is 5.65. The van der Waals surface area contributed by atoms with E-state index in [0.29, 0.717) is 0 Å². The monoisotopic (exact) mass is 536 g/mol. The van der Waals surface area contributed by atoms with Gasteiger partial charge in [0.1, 0.15) is 11.2 Å². The molecule has 9 aromatic rings. The number of fused-ring (bicyclic) bond motifs is 8. The van der Waals surface area contributed by atoms with Crippen LogP contribution in [0.5, 0.6) is 0 Å².